The first-order valence-electron chi connectivity index (χ1n) is 12.8. The molecule has 0 saturated heterocycles. The minimum absolute atomic E-state index is 0.180. The van der Waals surface area contributed by atoms with Crippen LogP contribution in [0.5, 0.6) is 0 Å². The van der Waals surface area contributed by atoms with Crippen molar-refractivity contribution < 1.29 is 28.9 Å². The molecular formula is C28H38O6. The number of benzene rings is 1. The van der Waals surface area contributed by atoms with E-state index in [1.54, 1.807) is 30.3 Å². The fourth-order valence-corrected chi connectivity index (χ4v) is 5.34. The summed E-state index contributed by atoms with van der Waals surface area (Å²) in [6.45, 7) is 3.91. The average molecular weight is 471 g/mol. The van der Waals surface area contributed by atoms with E-state index >= 15 is 0 Å². The maximum absolute atomic E-state index is 12.3. The summed E-state index contributed by atoms with van der Waals surface area (Å²) < 4.78 is 5.07. The quantitative estimate of drug-likeness (QED) is 0.133. The third-order valence-corrected chi connectivity index (χ3v) is 7.51. The summed E-state index contributed by atoms with van der Waals surface area (Å²) in [4.78, 5) is 44.9. The molecule has 2 fully saturated rings. The second-order valence-electron chi connectivity index (χ2n) is 9.83. The van der Waals surface area contributed by atoms with Gasteiger partial charge in [-0.1, -0.05) is 63.3 Å². The van der Waals surface area contributed by atoms with Gasteiger partial charge in [-0.05, 0) is 68.4 Å². The zero-order valence-corrected chi connectivity index (χ0v) is 20.1. The van der Waals surface area contributed by atoms with Crippen LogP contribution in [0.25, 0.3) is 0 Å². The molecule has 186 valence electrons. The van der Waals surface area contributed by atoms with E-state index in [1.807, 2.05) is 0 Å². The number of rotatable bonds is 10. The molecular weight excluding hydrogens is 432 g/mol. The second kappa shape index (κ2) is 13.9. The molecule has 2 aliphatic carbocycles. The lowest BCUT2D eigenvalue weighted by atomic mass is 9.75. The lowest BCUT2D eigenvalue weighted by Crippen LogP contribution is -2.25. The molecule has 2 aliphatic rings. The van der Waals surface area contributed by atoms with Gasteiger partial charge in [-0.2, -0.15) is 0 Å². The van der Waals surface area contributed by atoms with E-state index in [0.29, 0.717) is 18.1 Å². The van der Waals surface area contributed by atoms with Crippen LogP contribution in [0, 0.1) is 23.7 Å². The summed E-state index contributed by atoms with van der Waals surface area (Å²) in [5, 5.41) is 0. The van der Waals surface area contributed by atoms with Gasteiger partial charge in [-0.3, -0.25) is 0 Å². The molecule has 6 heteroatoms. The van der Waals surface area contributed by atoms with Gasteiger partial charge in [0, 0.05) is 6.08 Å². The highest BCUT2D eigenvalue weighted by molar-refractivity contribution is 5.89. The summed E-state index contributed by atoms with van der Waals surface area (Å²) in [7, 11) is 0. The first-order valence-corrected chi connectivity index (χ1v) is 12.8. The van der Waals surface area contributed by atoms with Crippen LogP contribution in [0.3, 0.4) is 0 Å². The van der Waals surface area contributed by atoms with Crippen LogP contribution in [0.1, 0.15) is 87.4 Å². The third-order valence-electron chi connectivity index (χ3n) is 7.51. The van der Waals surface area contributed by atoms with Crippen molar-refractivity contribution in [2.45, 2.75) is 77.0 Å². The highest BCUT2D eigenvalue weighted by Gasteiger charge is 2.30. The Morgan fingerprint density at radius 1 is 0.794 bits per heavy atom. The monoisotopic (exact) mass is 470 g/mol. The molecule has 0 spiro atoms. The van der Waals surface area contributed by atoms with Gasteiger partial charge >= 0.3 is 17.9 Å². The minimum Gasteiger partial charge on any atom is -0.463 e. The van der Waals surface area contributed by atoms with Crippen LogP contribution in [0.2, 0.25) is 0 Å². The van der Waals surface area contributed by atoms with Gasteiger partial charge < -0.3 is 4.74 Å². The van der Waals surface area contributed by atoms with Crippen LogP contribution < -0.4 is 0 Å². The Balaban J connectivity index is 1.24. The van der Waals surface area contributed by atoms with E-state index in [4.69, 9.17) is 14.5 Å². The van der Waals surface area contributed by atoms with Crippen LogP contribution in [-0.4, -0.2) is 24.5 Å². The van der Waals surface area contributed by atoms with Crippen molar-refractivity contribution in [3.63, 3.8) is 0 Å². The highest BCUT2D eigenvalue weighted by atomic mass is 17.2. The Morgan fingerprint density at radius 2 is 1.35 bits per heavy atom. The van der Waals surface area contributed by atoms with E-state index < -0.39 is 11.9 Å². The van der Waals surface area contributed by atoms with Crippen molar-refractivity contribution >= 4 is 17.9 Å². The van der Waals surface area contributed by atoms with Crippen LogP contribution in [0.15, 0.2) is 43.0 Å². The Bertz CT molecular complexity index is 788. The van der Waals surface area contributed by atoms with Gasteiger partial charge in [0.2, 0.25) is 0 Å². The van der Waals surface area contributed by atoms with Crippen molar-refractivity contribution in [2.75, 3.05) is 6.61 Å². The molecule has 0 atom stereocenters. The molecule has 3 rings (SSSR count). The molecule has 0 aromatic heterocycles. The van der Waals surface area contributed by atoms with E-state index in [0.717, 1.165) is 50.4 Å². The van der Waals surface area contributed by atoms with Gasteiger partial charge in [0.15, 0.2) is 0 Å². The van der Waals surface area contributed by atoms with Crippen molar-refractivity contribution in [3.05, 3.63) is 48.6 Å². The summed E-state index contributed by atoms with van der Waals surface area (Å²) in [6.07, 6.45) is 14.6. The third kappa shape index (κ3) is 8.62. The van der Waals surface area contributed by atoms with Crippen molar-refractivity contribution in [1.82, 2.24) is 0 Å². The first-order chi connectivity index (χ1) is 16.5. The average Bonchev–Trinajstić information content (AvgIpc) is 2.89. The predicted molar refractivity (Wildman–Crippen MR) is 128 cm³/mol. The zero-order chi connectivity index (χ0) is 24.2. The van der Waals surface area contributed by atoms with E-state index in [9.17, 15) is 14.4 Å². The summed E-state index contributed by atoms with van der Waals surface area (Å²) in [5.41, 5.74) is 0.363. The maximum Gasteiger partial charge on any atom is 0.386 e. The Morgan fingerprint density at radius 3 is 1.94 bits per heavy atom. The van der Waals surface area contributed by atoms with Gasteiger partial charge in [0.05, 0.1) is 18.1 Å². The summed E-state index contributed by atoms with van der Waals surface area (Å²) in [6, 6.07) is 8.52. The van der Waals surface area contributed by atoms with Gasteiger partial charge in [-0.25, -0.2) is 24.2 Å². The molecule has 0 unspecified atom stereocenters. The maximum atomic E-state index is 12.3. The lowest BCUT2D eigenvalue weighted by molar-refractivity contribution is -0.239. The number of carbonyl (C=O) groups excluding carboxylic acids is 3. The normalized spacial score (nSPS) is 24.6. The van der Waals surface area contributed by atoms with Crippen molar-refractivity contribution in [3.8, 4) is 0 Å². The Labute approximate surface area is 203 Å². The zero-order valence-electron chi connectivity index (χ0n) is 20.1. The van der Waals surface area contributed by atoms with Crippen molar-refractivity contribution in [1.29, 1.82) is 0 Å². The fraction of sp³-hybridized carbons (Fsp3) is 0.607. The topological polar surface area (TPSA) is 78.9 Å². The number of esters is 1. The number of hydrogen-bond acceptors (Lipinski definition) is 6. The molecule has 0 aliphatic heterocycles. The molecule has 1 aromatic rings. The standard InChI is InChI=1S/C28H38O6/c1-2-26(29)32-20-6-7-21-10-12-22(13-11-21)14-15-23-16-18-25(19-17-23)28(31)34-33-27(30)24-8-4-3-5-9-24/h2-5,8-9,21-23,25H,1,6-7,10-20H2. The molecule has 0 N–H and O–H groups in total. The van der Waals surface area contributed by atoms with Crippen LogP contribution in [0.4, 0.5) is 0 Å². The largest absolute Gasteiger partial charge is 0.463 e. The Kier molecular flexibility index (Phi) is 10.6. The molecule has 0 amide bonds. The van der Waals surface area contributed by atoms with Gasteiger partial charge in [-0.15, -0.1) is 0 Å². The van der Waals surface area contributed by atoms with E-state index in [1.165, 1.54) is 44.6 Å². The predicted octanol–water partition coefficient (Wildman–Crippen LogP) is 6.20. The molecule has 2 saturated carbocycles. The minimum atomic E-state index is -0.645. The molecule has 0 bridgehead atoms. The SMILES string of the molecule is C=CC(=O)OCCCC1CCC(CCC2CCC(C(=O)OOC(=O)c3ccccc3)CC2)CC1. The van der Waals surface area contributed by atoms with Crippen molar-refractivity contribution in [2.24, 2.45) is 23.7 Å². The molecule has 6 nitrogen and oxygen atoms in total. The van der Waals surface area contributed by atoms with E-state index in [-0.39, 0.29) is 11.9 Å². The molecule has 0 radical (unpaired) electrons. The molecule has 0 heterocycles. The molecule has 1 aromatic carbocycles. The van der Waals surface area contributed by atoms with Crippen LogP contribution >= 0.6 is 0 Å². The van der Waals surface area contributed by atoms with Crippen LogP contribution in [-0.2, 0) is 24.1 Å². The molecule has 34 heavy (non-hydrogen) atoms. The second-order valence-corrected chi connectivity index (χ2v) is 9.83. The number of hydrogen-bond donors (Lipinski definition) is 0. The first kappa shape index (κ1) is 26.0. The lowest BCUT2D eigenvalue weighted by Gasteiger charge is -2.31. The van der Waals surface area contributed by atoms with Gasteiger partial charge in [0.25, 0.3) is 0 Å². The summed E-state index contributed by atoms with van der Waals surface area (Å²) in [5.74, 6) is 0.662. The number of ether oxygens (including phenoxy) is 1. The smallest absolute Gasteiger partial charge is 0.386 e. The van der Waals surface area contributed by atoms with Gasteiger partial charge in [0.1, 0.15) is 0 Å². The van der Waals surface area contributed by atoms with E-state index in [2.05, 4.69) is 6.58 Å². The Hall–Kier alpha value is -2.63. The highest BCUT2D eigenvalue weighted by Crippen LogP contribution is 2.37. The summed E-state index contributed by atoms with van der Waals surface area (Å²) >= 11 is 0. The number of carbonyl (C=O) groups is 3. The fourth-order valence-electron chi connectivity index (χ4n) is 5.34.